The topological polar surface area (TPSA) is 300 Å². The predicted octanol–water partition coefficient (Wildman–Crippen LogP) is 7.54. The van der Waals surface area contributed by atoms with Gasteiger partial charge in [0.05, 0.1) is 66.5 Å². The lowest BCUT2D eigenvalue weighted by molar-refractivity contribution is -0.217. The molecule has 5 heterocycles. The number of rotatable bonds is 25. The van der Waals surface area contributed by atoms with Crippen molar-refractivity contribution in [3.05, 3.63) is 0 Å². The van der Waals surface area contributed by atoms with Crippen molar-refractivity contribution in [2.75, 3.05) is 124 Å². The summed E-state index contributed by atoms with van der Waals surface area (Å²) in [6, 6.07) is 0. The van der Waals surface area contributed by atoms with Crippen LogP contribution in [-0.2, 0) is 114 Å². The summed E-state index contributed by atoms with van der Waals surface area (Å²) in [5.41, 5.74) is -1.31. The Balaban J connectivity index is 0.000000544. The summed E-state index contributed by atoms with van der Waals surface area (Å²) in [7, 11) is 0. The van der Waals surface area contributed by atoms with Crippen molar-refractivity contribution < 1.29 is 114 Å². The molecule has 502 valence electrons. The maximum absolute atomic E-state index is 11.7. The number of hydrogen-bond acceptors (Lipinski definition) is 30. The van der Waals surface area contributed by atoms with Crippen molar-refractivity contribution in [1.29, 1.82) is 0 Å². The normalized spacial score (nSPS) is 21.1. The second-order valence-corrected chi connectivity index (χ2v) is 27.8. The highest BCUT2D eigenvalue weighted by Gasteiger charge is 2.31. The highest BCUT2D eigenvalue weighted by Crippen LogP contribution is 2.27. The van der Waals surface area contributed by atoms with Crippen LogP contribution in [0.3, 0.4) is 0 Å². The van der Waals surface area contributed by atoms with Gasteiger partial charge in [0, 0.05) is 46.0 Å². The lowest BCUT2D eigenvalue weighted by atomic mass is 9.91. The van der Waals surface area contributed by atoms with Gasteiger partial charge in [-0.25, -0.2) is 24.0 Å². The largest absolute Gasteiger partial charge is 0.453 e. The number of carbonyl (C=O) groups is 10. The summed E-state index contributed by atoms with van der Waals surface area (Å²) in [6.07, 6.45) is 1.68. The predicted molar refractivity (Wildman–Crippen MR) is 334 cm³/mol. The molecule has 5 fully saturated rings. The Kier molecular flexibility index (Phi) is 44.6. The maximum Gasteiger partial charge on any atom is 0.346 e. The van der Waals surface area contributed by atoms with E-state index in [2.05, 4.69) is 0 Å². The van der Waals surface area contributed by atoms with E-state index in [0.717, 1.165) is 46.0 Å². The van der Waals surface area contributed by atoms with Gasteiger partial charge in [-0.1, -0.05) is 55.4 Å². The fourth-order valence-corrected chi connectivity index (χ4v) is 12.1. The summed E-state index contributed by atoms with van der Waals surface area (Å²) in [6.45, 7) is 22.5. The van der Waals surface area contributed by atoms with Crippen LogP contribution in [-0.4, -0.2) is 213 Å². The molecule has 5 aliphatic heterocycles. The van der Waals surface area contributed by atoms with Gasteiger partial charge in [-0.05, 0) is 59.8 Å². The van der Waals surface area contributed by atoms with Crippen LogP contribution in [0.2, 0.25) is 0 Å². The van der Waals surface area contributed by atoms with Crippen molar-refractivity contribution in [2.45, 2.75) is 145 Å². The first-order valence-electron chi connectivity index (χ1n) is 29.1. The van der Waals surface area contributed by atoms with E-state index < -0.39 is 65.5 Å². The van der Waals surface area contributed by atoms with Gasteiger partial charge in [-0.2, -0.15) is 47.0 Å². The van der Waals surface area contributed by atoms with Crippen LogP contribution in [0.15, 0.2) is 0 Å². The molecule has 0 spiro atoms. The Labute approximate surface area is 538 Å². The summed E-state index contributed by atoms with van der Waals surface area (Å²) in [4.78, 5) is 114. The molecular weight excluding hydrogens is 1260 g/mol. The van der Waals surface area contributed by atoms with Crippen LogP contribution in [0.25, 0.3) is 0 Å². The quantitative estimate of drug-likeness (QED) is 0.0629. The highest BCUT2D eigenvalue weighted by molar-refractivity contribution is 8.07. The lowest BCUT2D eigenvalue weighted by Gasteiger charge is -2.23. The van der Waals surface area contributed by atoms with E-state index in [1.807, 2.05) is 34.6 Å². The van der Waals surface area contributed by atoms with Crippen molar-refractivity contribution in [2.24, 2.45) is 28.6 Å². The third-order valence-electron chi connectivity index (χ3n) is 12.8. The second kappa shape index (κ2) is 47.5. The number of ether oxygens (including phenoxy) is 14. The van der Waals surface area contributed by atoms with Crippen molar-refractivity contribution >= 4 is 130 Å². The van der Waals surface area contributed by atoms with Gasteiger partial charge in [-0.3, -0.25) is 24.0 Å². The second-order valence-electron chi connectivity index (χ2n) is 20.7. The van der Waals surface area contributed by atoms with Crippen LogP contribution in [0.4, 0.5) is 0 Å². The standard InChI is InChI=1S/C12H20O5S.C12H20O4S2.C11H18O6.C11H18O5S.C11H18O4S2/c1-4-12(2,3)11(14)16-7-9(13)17-10-8-18-6-5-15-10;1-4-12(2,3)11(14)15-7-9(13)16-10-8-17-5-6-18-10;1-3-8(2)11(13)16-6-9(12)17-10-7-14-4-5-15-10;1-3-8(2)11(13)15-6-9(12)16-10-7-17-5-4-14-10;1-3-8(2)11(13)14-6-9(12)15-10-7-16-4-5-17-10/h2*10H,4-8H2,1-3H3;3*8,10H,3-7H2,1-2H3. The van der Waals surface area contributed by atoms with Crippen LogP contribution in [0.5, 0.6) is 0 Å². The van der Waals surface area contributed by atoms with E-state index in [1.165, 1.54) is 0 Å². The van der Waals surface area contributed by atoms with E-state index in [0.29, 0.717) is 70.0 Å². The van der Waals surface area contributed by atoms with E-state index >= 15 is 0 Å². The van der Waals surface area contributed by atoms with E-state index in [-0.39, 0.29) is 92.1 Å². The molecule has 0 aromatic rings. The molecule has 0 N–H and O–H groups in total. The summed E-state index contributed by atoms with van der Waals surface area (Å²) >= 11 is 10.1. The van der Waals surface area contributed by atoms with Crippen LogP contribution in [0, 0.1) is 28.6 Å². The summed E-state index contributed by atoms with van der Waals surface area (Å²) in [5.74, 6) is 3.80. The van der Waals surface area contributed by atoms with E-state index in [1.54, 1.807) is 119 Å². The van der Waals surface area contributed by atoms with Crippen molar-refractivity contribution in [3.63, 3.8) is 0 Å². The first kappa shape index (κ1) is 81.7. The zero-order chi connectivity index (χ0) is 65.2. The third-order valence-corrected chi connectivity index (χ3v) is 19.9. The minimum atomic E-state index is -0.696. The van der Waals surface area contributed by atoms with Gasteiger partial charge in [0.25, 0.3) is 0 Å². The Morgan fingerprint density at radius 2 is 0.724 bits per heavy atom. The van der Waals surface area contributed by atoms with Crippen molar-refractivity contribution in [3.8, 4) is 0 Å². The molecule has 8 atom stereocenters. The number of carbonyl (C=O) groups excluding carboxylic acids is 10. The average Bonchev–Trinajstić information content (AvgIpc) is 3.67. The minimum absolute atomic E-state index is 0.0939. The molecule has 30 heteroatoms. The van der Waals surface area contributed by atoms with E-state index in [9.17, 15) is 47.9 Å². The van der Waals surface area contributed by atoms with E-state index in [4.69, 9.17) is 66.3 Å². The molecule has 8 unspecified atom stereocenters. The monoisotopic (exact) mass is 1350 g/mol. The molecule has 0 radical (unpaired) electrons. The fraction of sp³-hybridized carbons (Fsp3) is 0.825. The Hall–Kier alpha value is -3.36. The number of hydrogen-bond donors (Lipinski definition) is 0. The van der Waals surface area contributed by atoms with Crippen LogP contribution < -0.4 is 0 Å². The maximum atomic E-state index is 11.7. The molecule has 0 amide bonds. The van der Waals surface area contributed by atoms with Crippen LogP contribution >= 0.6 is 70.6 Å². The first-order chi connectivity index (χ1) is 41.3. The zero-order valence-corrected chi connectivity index (χ0v) is 57.4. The molecule has 0 aliphatic carbocycles. The Morgan fingerprint density at radius 3 is 1.01 bits per heavy atom. The van der Waals surface area contributed by atoms with Crippen molar-refractivity contribution in [1.82, 2.24) is 0 Å². The summed E-state index contributed by atoms with van der Waals surface area (Å²) < 4.78 is 70.3. The van der Waals surface area contributed by atoms with Crippen LogP contribution in [0.1, 0.15) is 115 Å². The Morgan fingerprint density at radius 1 is 0.402 bits per heavy atom. The highest BCUT2D eigenvalue weighted by atomic mass is 32.2. The smallest absolute Gasteiger partial charge is 0.346 e. The first-order valence-corrected chi connectivity index (χ1v) is 35.8. The molecule has 0 aromatic heterocycles. The van der Waals surface area contributed by atoms with Gasteiger partial charge in [-0.15, -0.1) is 23.5 Å². The minimum Gasteiger partial charge on any atom is -0.453 e. The SMILES string of the molecule is CCC(C)(C)C(=O)OCC(=O)OC1CSCCO1.CCC(C)(C)C(=O)OCC(=O)OC1CSCCS1.CCC(C)C(=O)OCC(=O)OC1COCCO1.CCC(C)C(=O)OCC(=O)OC1CSCCO1.CCC(C)C(=O)OCC(=O)OC1CSCCS1. The molecule has 5 aliphatic rings. The molecule has 0 bridgehead atoms. The van der Waals surface area contributed by atoms with Gasteiger partial charge >= 0.3 is 59.7 Å². The molecule has 0 aromatic carbocycles. The number of esters is 10. The zero-order valence-electron chi connectivity index (χ0n) is 52.5. The van der Waals surface area contributed by atoms with Gasteiger partial charge < -0.3 is 66.3 Å². The molecular formula is C57H94O24S6. The lowest BCUT2D eigenvalue weighted by Crippen LogP contribution is -2.34. The molecule has 0 saturated carbocycles. The third kappa shape index (κ3) is 38.8. The fourth-order valence-electron chi connectivity index (χ4n) is 5.82. The molecule has 24 nitrogen and oxygen atoms in total. The number of thioether (sulfide) groups is 6. The van der Waals surface area contributed by atoms with Gasteiger partial charge in [0.15, 0.2) is 43.9 Å². The summed E-state index contributed by atoms with van der Waals surface area (Å²) in [5, 5.41) is 0. The molecule has 5 saturated heterocycles. The molecule has 87 heavy (non-hydrogen) atoms. The molecule has 5 rings (SSSR count). The average molecular weight is 1360 g/mol. The van der Waals surface area contributed by atoms with Gasteiger partial charge in [0.2, 0.25) is 18.9 Å². The van der Waals surface area contributed by atoms with Gasteiger partial charge in [0.1, 0.15) is 6.61 Å². The Bertz CT molecular complexity index is 1850.